The molecule has 0 aliphatic heterocycles. The van der Waals surface area contributed by atoms with E-state index < -0.39 is 6.10 Å². The standard InChI is InChI=1S/C16H25NO3/c1-12-7-8-16(19-2)15(9-12)17-10-13(18)11-20-14-5-3-4-6-14/h7-9,13-14,17-18H,3-6,10-11H2,1-2H3. The maximum absolute atomic E-state index is 9.98. The van der Waals surface area contributed by atoms with Gasteiger partial charge in [-0.1, -0.05) is 18.9 Å². The maximum atomic E-state index is 9.98. The van der Waals surface area contributed by atoms with Gasteiger partial charge in [0.15, 0.2) is 0 Å². The smallest absolute Gasteiger partial charge is 0.141 e. The van der Waals surface area contributed by atoms with Gasteiger partial charge in [0.05, 0.1) is 31.6 Å². The molecule has 0 aromatic heterocycles. The first-order chi connectivity index (χ1) is 9.69. The fraction of sp³-hybridized carbons (Fsp3) is 0.625. The summed E-state index contributed by atoms with van der Waals surface area (Å²) in [5.41, 5.74) is 2.07. The van der Waals surface area contributed by atoms with E-state index in [1.54, 1.807) is 7.11 Å². The highest BCUT2D eigenvalue weighted by Crippen LogP contribution is 2.25. The number of anilines is 1. The van der Waals surface area contributed by atoms with Crippen LogP contribution in [0.5, 0.6) is 5.75 Å². The molecule has 0 spiro atoms. The van der Waals surface area contributed by atoms with Crippen molar-refractivity contribution < 1.29 is 14.6 Å². The molecule has 1 aromatic carbocycles. The van der Waals surface area contributed by atoms with Crippen LogP contribution in [0.1, 0.15) is 31.2 Å². The van der Waals surface area contributed by atoms with Gasteiger partial charge in [-0.3, -0.25) is 0 Å². The minimum absolute atomic E-state index is 0.346. The summed E-state index contributed by atoms with van der Waals surface area (Å²) in [5.74, 6) is 0.791. The molecule has 4 nitrogen and oxygen atoms in total. The average molecular weight is 279 g/mol. The normalized spacial score (nSPS) is 17.1. The summed E-state index contributed by atoms with van der Waals surface area (Å²) < 4.78 is 11.0. The number of benzene rings is 1. The molecule has 0 bridgehead atoms. The topological polar surface area (TPSA) is 50.7 Å². The van der Waals surface area contributed by atoms with Crippen LogP contribution in [0.4, 0.5) is 5.69 Å². The summed E-state index contributed by atoms with van der Waals surface area (Å²) in [6.07, 6.45) is 4.61. The number of aryl methyl sites for hydroxylation is 1. The Labute approximate surface area is 121 Å². The number of aliphatic hydroxyl groups excluding tert-OH is 1. The van der Waals surface area contributed by atoms with Crippen LogP contribution in [-0.2, 0) is 4.74 Å². The first-order valence-corrected chi connectivity index (χ1v) is 7.37. The van der Waals surface area contributed by atoms with E-state index in [0.717, 1.165) is 29.8 Å². The van der Waals surface area contributed by atoms with E-state index in [4.69, 9.17) is 9.47 Å². The second-order valence-corrected chi connectivity index (χ2v) is 5.48. The van der Waals surface area contributed by atoms with Crippen molar-refractivity contribution in [3.8, 4) is 5.75 Å². The Bertz CT molecular complexity index is 416. The molecular formula is C16H25NO3. The third kappa shape index (κ3) is 4.39. The molecule has 1 aliphatic carbocycles. The van der Waals surface area contributed by atoms with Crippen molar-refractivity contribution in [3.05, 3.63) is 23.8 Å². The molecule has 2 N–H and O–H groups in total. The number of hydrogen-bond donors (Lipinski definition) is 2. The van der Waals surface area contributed by atoms with E-state index in [0.29, 0.717) is 19.3 Å². The highest BCUT2D eigenvalue weighted by atomic mass is 16.5. The molecule has 0 amide bonds. The van der Waals surface area contributed by atoms with Gasteiger partial charge in [-0.05, 0) is 37.5 Å². The van der Waals surface area contributed by atoms with Gasteiger partial charge in [-0.25, -0.2) is 0 Å². The van der Waals surface area contributed by atoms with Gasteiger partial charge in [-0.2, -0.15) is 0 Å². The van der Waals surface area contributed by atoms with Crippen molar-refractivity contribution in [3.63, 3.8) is 0 Å². The van der Waals surface area contributed by atoms with Crippen molar-refractivity contribution >= 4 is 5.69 Å². The zero-order valence-corrected chi connectivity index (χ0v) is 12.4. The zero-order valence-electron chi connectivity index (χ0n) is 12.4. The Morgan fingerprint density at radius 3 is 2.80 bits per heavy atom. The predicted octanol–water partition coefficient (Wildman–Crippen LogP) is 2.74. The Morgan fingerprint density at radius 2 is 2.10 bits per heavy atom. The number of ether oxygens (including phenoxy) is 2. The molecule has 1 atom stereocenters. The van der Waals surface area contributed by atoms with Gasteiger partial charge in [0.25, 0.3) is 0 Å². The van der Waals surface area contributed by atoms with Gasteiger partial charge in [0.2, 0.25) is 0 Å². The maximum Gasteiger partial charge on any atom is 0.141 e. The molecule has 1 aliphatic rings. The molecular weight excluding hydrogens is 254 g/mol. The molecule has 0 saturated heterocycles. The van der Waals surface area contributed by atoms with Crippen LogP contribution in [0, 0.1) is 6.92 Å². The fourth-order valence-corrected chi connectivity index (χ4v) is 2.55. The Hall–Kier alpha value is -1.26. The van der Waals surface area contributed by atoms with Crippen LogP contribution in [0.15, 0.2) is 18.2 Å². The Balaban J connectivity index is 1.77. The van der Waals surface area contributed by atoms with Gasteiger partial charge in [0.1, 0.15) is 5.75 Å². The summed E-state index contributed by atoms with van der Waals surface area (Å²) in [5, 5.41) is 13.2. The first-order valence-electron chi connectivity index (χ1n) is 7.37. The number of nitrogens with one attached hydrogen (secondary N) is 1. The van der Waals surface area contributed by atoms with Crippen molar-refractivity contribution in [2.45, 2.75) is 44.8 Å². The number of hydrogen-bond acceptors (Lipinski definition) is 4. The van der Waals surface area contributed by atoms with Crippen LogP contribution in [0.3, 0.4) is 0 Å². The molecule has 4 heteroatoms. The lowest BCUT2D eigenvalue weighted by Crippen LogP contribution is -2.27. The Morgan fingerprint density at radius 1 is 1.35 bits per heavy atom. The largest absolute Gasteiger partial charge is 0.495 e. The molecule has 20 heavy (non-hydrogen) atoms. The van der Waals surface area contributed by atoms with Crippen LogP contribution >= 0.6 is 0 Å². The molecule has 2 rings (SSSR count). The lowest BCUT2D eigenvalue weighted by molar-refractivity contribution is -0.00118. The summed E-state index contributed by atoms with van der Waals surface area (Å²) in [6, 6.07) is 5.95. The van der Waals surface area contributed by atoms with Gasteiger partial charge >= 0.3 is 0 Å². The van der Waals surface area contributed by atoms with E-state index >= 15 is 0 Å². The van der Waals surface area contributed by atoms with Crippen LogP contribution < -0.4 is 10.1 Å². The van der Waals surface area contributed by atoms with Gasteiger partial charge in [-0.15, -0.1) is 0 Å². The molecule has 1 saturated carbocycles. The van der Waals surface area contributed by atoms with E-state index in [9.17, 15) is 5.11 Å². The summed E-state index contributed by atoms with van der Waals surface area (Å²) in [7, 11) is 1.65. The Kier molecular flexibility index (Phi) is 5.68. The highest BCUT2D eigenvalue weighted by molar-refractivity contribution is 5.58. The minimum atomic E-state index is -0.499. The van der Waals surface area contributed by atoms with E-state index in [2.05, 4.69) is 5.32 Å². The quantitative estimate of drug-likeness (QED) is 0.806. The molecule has 1 unspecified atom stereocenters. The van der Waals surface area contributed by atoms with Crippen molar-refractivity contribution in [1.82, 2.24) is 0 Å². The van der Waals surface area contributed by atoms with E-state index in [-0.39, 0.29) is 0 Å². The highest BCUT2D eigenvalue weighted by Gasteiger charge is 2.17. The second kappa shape index (κ2) is 7.50. The summed E-state index contributed by atoms with van der Waals surface area (Å²) >= 11 is 0. The predicted molar refractivity (Wildman–Crippen MR) is 80.4 cm³/mol. The van der Waals surface area contributed by atoms with Crippen molar-refractivity contribution in [2.24, 2.45) is 0 Å². The molecule has 112 valence electrons. The monoisotopic (exact) mass is 279 g/mol. The van der Waals surface area contributed by atoms with Gasteiger partial charge in [0, 0.05) is 6.54 Å². The first kappa shape index (κ1) is 15.1. The lowest BCUT2D eigenvalue weighted by Gasteiger charge is -2.17. The third-order valence-electron chi connectivity index (χ3n) is 3.71. The molecule has 1 fully saturated rings. The van der Waals surface area contributed by atoms with E-state index in [1.165, 1.54) is 12.8 Å². The lowest BCUT2D eigenvalue weighted by atomic mass is 10.2. The summed E-state index contributed by atoms with van der Waals surface area (Å²) in [6.45, 7) is 2.89. The fourth-order valence-electron chi connectivity index (χ4n) is 2.55. The van der Waals surface area contributed by atoms with Crippen LogP contribution in [-0.4, -0.2) is 37.6 Å². The summed E-state index contributed by atoms with van der Waals surface area (Å²) in [4.78, 5) is 0. The van der Waals surface area contributed by atoms with Gasteiger partial charge < -0.3 is 19.9 Å². The third-order valence-corrected chi connectivity index (χ3v) is 3.71. The molecule has 1 aromatic rings. The minimum Gasteiger partial charge on any atom is -0.495 e. The average Bonchev–Trinajstić information content (AvgIpc) is 2.96. The number of aliphatic hydroxyl groups is 1. The van der Waals surface area contributed by atoms with Crippen molar-refractivity contribution in [1.29, 1.82) is 0 Å². The van der Waals surface area contributed by atoms with Crippen molar-refractivity contribution in [2.75, 3.05) is 25.6 Å². The second-order valence-electron chi connectivity index (χ2n) is 5.48. The van der Waals surface area contributed by atoms with Crippen LogP contribution in [0.2, 0.25) is 0 Å². The SMILES string of the molecule is COc1ccc(C)cc1NCC(O)COC1CCCC1. The van der Waals surface area contributed by atoms with E-state index in [1.807, 2.05) is 25.1 Å². The van der Waals surface area contributed by atoms with Crippen LogP contribution in [0.25, 0.3) is 0 Å². The molecule has 0 radical (unpaired) electrons. The molecule has 0 heterocycles. The zero-order chi connectivity index (χ0) is 14.4. The number of methoxy groups -OCH3 is 1. The number of rotatable bonds is 7.